The van der Waals surface area contributed by atoms with Crippen LogP contribution in [-0.4, -0.2) is 16.3 Å². The Balaban J connectivity index is 3.38. The normalized spacial score (nSPS) is 10.7. The highest BCUT2D eigenvalue weighted by molar-refractivity contribution is 5.70. The summed E-state index contributed by atoms with van der Waals surface area (Å²) in [5.41, 5.74) is 2.67. The number of aromatic nitrogens is 1. The molecule has 0 aromatic carbocycles. The van der Waals surface area contributed by atoms with Gasteiger partial charge in [0.05, 0.1) is 11.1 Å². The van der Waals surface area contributed by atoms with Crippen molar-refractivity contribution in [3.63, 3.8) is 0 Å². The zero-order valence-electron chi connectivity index (χ0n) is 7.85. The van der Waals surface area contributed by atoms with Gasteiger partial charge in [-0.1, -0.05) is 0 Å². The molecule has 10 heteroatoms. The van der Waals surface area contributed by atoms with E-state index in [0.717, 1.165) is 0 Å². The molecule has 1 aromatic heterocycles. The minimum atomic E-state index is -5.12. The first-order valence-electron chi connectivity index (χ1n) is 3.85. The highest BCUT2D eigenvalue weighted by Gasteiger charge is 2.36. The van der Waals surface area contributed by atoms with Gasteiger partial charge >= 0.3 is 12.0 Å². The van der Waals surface area contributed by atoms with Crippen LogP contribution in [0.5, 0.6) is 5.75 Å². The monoisotopic (exact) mass is 248 g/mol. The van der Waals surface area contributed by atoms with E-state index in [2.05, 4.69) is 9.72 Å². The summed E-state index contributed by atoms with van der Waals surface area (Å²) < 4.78 is 39.1. The molecule has 0 saturated carbocycles. The van der Waals surface area contributed by atoms with Crippen molar-refractivity contribution in [2.45, 2.75) is 6.36 Å². The maximum Gasteiger partial charge on any atom is 0.573 e. The number of nitrogen functional groups attached to an aromatic ring is 1. The van der Waals surface area contributed by atoms with Crippen LogP contribution in [0.3, 0.4) is 0 Å². The standard InChI is InChI=1S/C7H3F3N4O3/c8-7(9,10)17-4-2-13-3(1-11)5(12)6(4)14(15)16/h2H,12H2. The number of rotatable bonds is 2. The van der Waals surface area contributed by atoms with Crippen LogP contribution in [0.1, 0.15) is 5.69 Å². The topological polar surface area (TPSA) is 115 Å². The van der Waals surface area contributed by atoms with E-state index in [1.165, 1.54) is 6.07 Å². The molecule has 0 aliphatic heterocycles. The number of anilines is 1. The van der Waals surface area contributed by atoms with Gasteiger partial charge in [0, 0.05) is 0 Å². The van der Waals surface area contributed by atoms with Gasteiger partial charge < -0.3 is 10.5 Å². The van der Waals surface area contributed by atoms with Gasteiger partial charge in [-0.3, -0.25) is 10.1 Å². The fourth-order valence-corrected chi connectivity index (χ4v) is 0.976. The molecule has 0 bridgehead atoms. The van der Waals surface area contributed by atoms with E-state index in [9.17, 15) is 23.3 Å². The van der Waals surface area contributed by atoms with E-state index >= 15 is 0 Å². The molecule has 0 fully saturated rings. The number of nitrogens with zero attached hydrogens (tertiary/aromatic N) is 3. The smallest absolute Gasteiger partial charge is 0.397 e. The van der Waals surface area contributed by atoms with E-state index in [0.29, 0.717) is 6.20 Å². The van der Waals surface area contributed by atoms with Crippen molar-refractivity contribution in [2.24, 2.45) is 0 Å². The molecule has 0 radical (unpaired) electrons. The van der Waals surface area contributed by atoms with Crippen molar-refractivity contribution in [2.75, 3.05) is 5.73 Å². The van der Waals surface area contributed by atoms with Gasteiger partial charge in [0.25, 0.3) is 0 Å². The number of halogens is 3. The Kier molecular flexibility index (Phi) is 3.03. The summed E-state index contributed by atoms with van der Waals surface area (Å²) in [5.74, 6) is -1.17. The average molecular weight is 248 g/mol. The molecular weight excluding hydrogens is 245 g/mol. The van der Waals surface area contributed by atoms with Crippen molar-refractivity contribution in [3.8, 4) is 11.8 Å². The lowest BCUT2D eigenvalue weighted by molar-refractivity contribution is -0.387. The molecule has 0 aliphatic rings. The molecule has 0 aliphatic carbocycles. The van der Waals surface area contributed by atoms with Crippen LogP contribution >= 0.6 is 0 Å². The van der Waals surface area contributed by atoms with E-state index in [4.69, 9.17) is 11.0 Å². The van der Waals surface area contributed by atoms with Crippen LogP contribution < -0.4 is 10.5 Å². The lowest BCUT2D eigenvalue weighted by Crippen LogP contribution is -2.18. The third-order valence-corrected chi connectivity index (χ3v) is 1.57. The summed E-state index contributed by atoms with van der Waals surface area (Å²) in [6.07, 6.45) is -4.70. The highest BCUT2D eigenvalue weighted by Crippen LogP contribution is 2.36. The Morgan fingerprint density at radius 2 is 2.18 bits per heavy atom. The highest BCUT2D eigenvalue weighted by atomic mass is 19.4. The number of ether oxygens (including phenoxy) is 1. The van der Waals surface area contributed by atoms with Crippen LogP contribution in [0.15, 0.2) is 6.20 Å². The molecule has 7 nitrogen and oxygen atoms in total. The number of pyridine rings is 1. The van der Waals surface area contributed by atoms with Crippen molar-refractivity contribution in [1.29, 1.82) is 5.26 Å². The summed E-state index contributed by atoms with van der Waals surface area (Å²) in [7, 11) is 0. The van der Waals surface area contributed by atoms with Crippen LogP contribution in [0.4, 0.5) is 24.5 Å². The zero-order chi connectivity index (χ0) is 13.2. The molecule has 2 N–H and O–H groups in total. The molecule has 0 atom stereocenters. The van der Waals surface area contributed by atoms with Gasteiger partial charge in [-0.25, -0.2) is 4.98 Å². The van der Waals surface area contributed by atoms with Crippen molar-refractivity contribution in [1.82, 2.24) is 4.98 Å². The van der Waals surface area contributed by atoms with Crippen LogP contribution in [0.25, 0.3) is 0 Å². The third kappa shape index (κ3) is 2.71. The zero-order valence-corrected chi connectivity index (χ0v) is 7.85. The largest absolute Gasteiger partial charge is 0.573 e. The van der Waals surface area contributed by atoms with Crippen LogP contribution in [0, 0.1) is 21.4 Å². The summed E-state index contributed by atoms with van der Waals surface area (Å²) in [5, 5.41) is 19.0. The molecular formula is C7H3F3N4O3. The third-order valence-electron chi connectivity index (χ3n) is 1.57. The number of hydrogen-bond donors (Lipinski definition) is 1. The van der Waals surface area contributed by atoms with Crippen molar-refractivity contribution < 1.29 is 22.8 Å². The maximum absolute atomic E-state index is 11.9. The lowest BCUT2D eigenvalue weighted by Gasteiger charge is -2.09. The predicted octanol–water partition coefficient (Wildman–Crippen LogP) is 1.34. The first kappa shape index (κ1) is 12.5. The fraction of sp³-hybridized carbons (Fsp3) is 0.143. The second-order valence-corrected chi connectivity index (χ2v) is 2.65. The predicted molar refractivity (Wildman–Crippen MR) is 46.7 cm³/mol. The van der Waals surface area contributed by atoms with Crippen molar-refractivity contribution in [3.05, 3.63) is 22.0 Å². The first-order valence-corrected chi connectivity index (χ1v) is 3.85. The number of hydrogen-bond acceptors (Lipinski definition) is 6. The summed E-state index contributed by atoms with van der Waals surface area (Å²) in [6.45, 7) is 0. The molecule has 0 saturated heterocycles. The van der Waals surface area contributed by atoms with E-state index in [1.54, 1.807) is 0 Å². The Hall–Kier alpha value is -2.57. The lowest BCUT2D eigenvalue weighted by atomic mass is 10.2. The fourth-order valence-electron chi connectivity index (χ4n) is 0.976. The summed E-state index contributed by atoms with van der Waals surface area (Å²) >= 11 is 0. The summed E-state index contributed by atoms with van der Waals surface area (Å²) in [4.78, 5) is 12.6. The number of nitro groups is 1. The molecule has 17 heavy (non-hydrogen) atoms. The maximum atomic E-state index is 11.9. The van der Waals surface area contributed by atoms with E-state index in [1.807, 2.05) is 0 Å². The molecule has 0 amide bonds. The number of nitriles is 1. The molecule has 1 aromatic rings. The Labute approximate surface area is 91.4 Å². The molecule has 0 spiro atoms. The van der Waals surface area contributed by atoms with Gasteiger partial charge in [0.1, 0.15) is 6.07 Å². The molecule has 0 unspecified atom stereocenters. The van der Waals surface area contributed by atoms with Gasteiger partial charge in [0.2, 0.25) is 5.75 Å². The second kappa shape index (κ2) is 4.12. The second-order valence-electron chi connectivity index (χ2n) is 2.65. The minimum absolute atomic E-state index is 0.417. The Morgan fingerprint density at radius 1 is 1.59 bits per heavy atom. The Morgan fingerprint density at radius 3 is 2.59 bits per heavy atom. The Bertz CT molecular complexity index is 508. The molecule has 1 rings (SSSR count). The molecule has 90 valence electrons. The van der Waals surface area contributed by atoms with Crippen LogP contribution in [-0.2, 0) is 0 Å². The van der Waals surface area contributed by atoms with E-state index in [-0.39, 0.29) is 0 Å². The van der Waals surface area contributed by atoms with Gasteiger partial charge in [-0.2, -0.15) is 5.26 Å². The van der Waals surface area contributed by atoms with Gasteiger partial charge in [0.15, 0.2) is 11.4 Å². The number of alkyl halides is 3. The van der Waals surface area contributed by atoms with Crippen LogP contribution in [0.2, 0.25) is 0 Å². The van der Waals surface area contributed by atoms with Gasteiger partial charge in [-0.05, 0) is 0 Å². The average Bonchev–Trinajstić information content (AvgIpc) is 2.14. The number of nitrogens with two attached hydrogens (primary N) is 1. The molecule has 1 heterocycles. The van der Waals surface area contributed by atoms with E-state index < -0.39 is 34.1 Å². The van der Waals surface area contributed by atoms with Gasteiger partial charge in [-0.15, -0.1) is 13.2 Å². The minimum Gasteiger partial charge on any atom is -0.397 e. The quantitative estimate of drug-likeness (QED) is 0.623. The SMILES string of the molecule is N#Cc1ncc(OC(F)(F)F)c([N+](=O)[O-])c1N. The van der Waals surface area contributed by atoms with Crippen molar-refractivity contribution >= 4 is 11.4 Å². The summed E-state index contributed by atoms with van der Waals surface area (Å²) in [6, 6.07) is 1.40. The first-order chi connectivity index (χ1) is 7.76.